The van der Waals surface area contributed by atoms with Crippen LogP contribution in [-0.2, 0) is 0 Å². The molecule has 2 aliphatic rings. The summed E-state index contributed by atoms with van der Waals surface area (Å²) in [6.45, 7) is 4.06. The van der Waals surface area contributed by atoms with E-state index in [4.69, 9.17) is 4.74 Å². The number of benzene rings is 2. The van der Waals surface area contributed by atoms with Gasteiger partial charge in [0, 0.05) is 22.4 Å². The molecule has 0 amide bonds. The largest absolute Gasteiger partial charge is 0.496 e. The molecule has 0 radical (unpaired) electrons. The van der Waals surface area contributed by atoms with Gasteiger partial charge in [-0.1, -0.05) is 36.0 Å². The average molecular weight is 296 g/mol. The molecule has 0 aromatic heterocycles. The molecule has 0 unspecified atom stereocenters. The van der Waals surface area contributed by atoms with E-state index >= 15 is 0 Å². The van der Waals surface area contributed by atoms with Crippen molar-refractivity contribution in [1.29, 1.82) is 0 Å². The number of amidine groups is 1. The maximum atomic E-state index is 5.50. The van der Waals surface area contributed by atoms with E-state index in [9.17, 15) is 0 Å². The molecule has 0 atom stereocenters. The van der Waals surface area contributed by atoms with Crippen molar-refractivity contribution in [3.8, 4) is 5.75 Å². The quantitative estimate of drug-likeness (QED) is 0.838. The van der Waals surface area contributed by atoms with Gasteiger partial charge in [0.15, 0.2) is 5.17 Å². The standard InChI is InChI=1S/C17H16N2OS/c1-11-16(19-10-9-18-17(19)21-11)14-7-8-15(20-2)13-6-4-3-5-12(13)14/h3-8H,9-10H2,1-2H3. The van der Waals surface area contributed by atoms with Crippen LogP contribution >= 0.6 is 11.8 Å². The van der Waals surface area contributed by atoms with Crippen LogP contribution in [0.4, 0.5) is 0 Å². The first-order valence-corrected chi connectivity index (χ1v) is 7.88. The molecule has 106 valence electrons. The zero-order chi connectivity index (χ0) is 14.4. The molecule has 0 N–H and O–H groups in total. The number of aliphatic imine (C=N–C) groups is 1. The van der Waals surface area contributed by atoms with Gasteiger partial charge in [0.05, 0.1) is 19.4 Å². The lowest BCUT2D eigenvalue weighted by atomic mass is 10.0. The molecule has 0 bridgehead atoms. The van der Waals surface area contributed by atoms with Crippen molar-refractivity contribution in [2.24, 2.45) is 4.99 Å². The summed E-state index contributed by atoms with van der Waals surface area (Å²) in [6.07, 6.45) is 0. The summed E-state index contributed by atoms with van der Waals surface area (Å²) in [4.78, 5) is 8.24. The second-order valence-electron chi connectivity index (χ2n) is 5.18. The molecule has 0 spiro atoms. The first-order valence-electron chi connectivity index (χ1n) is 7.06. The predicted octanol–water partition coefficient (Wildman–Crippen LogP) is 3.96. The summed E-state index contributed by atoms with van der Waals surface area (Å²) in [7, 11) is 1.72. The Labute approximate surface area is 128 Å². The van der Waals surface area contributed by atoms with Crippen LogP contribution in [0.15, 0.2) is 46.3 Å². The van der Waals surface area contributed by atoms with Crippen LogP contribution in [0.5, 0.6) is 5.75 Å². The Balaban J connectivity index is 1.96. The third kappa shape index (κ3) is 1.86. The number of nitrogens with zero attached hydrogens (tertiary/aromatic N) is 2. The fraction of sp³-hybridized carbons (Fsp3) is 0.235. The number of thioether (sulfide) groups is 1. The summed E-state index contributed by atoms with van der Waals surface area (Å²) in [5, 5.41) is 3.54. The molecule has 0 aliphatic carbocycles. The number of fused-ring (bicyclic) bond motifs is 2. The minimum absolute atomic E-state index is 0.896. The van der Waals surface area contributed by atoms with Crippen molar-refractivity contribution in [1.82, 2.24) is 4.90 Å². The van der Waals surface area contributed by atoms with Crippen LogP contribution < -0.4 is 4.74 Å². The zero-order valence-corrected chi connectivity index (χ0v) is 12.9. The highest BCUT2D eigenvalue weighted by molar-refractivity contribution is 8.17. The van der Waals surface area contributed by atoms with Gasteiger partial charge in [0.25, 0.3) is 0 Å². The summed E-state index contributed by atoms with van der Waals surface area (Å²) in [5.74, 6) is 0.925. The minimum Gasteiger partial charge on any atom is -0.496 e. The fourth-order valence-corrected chi connectivity index (χ4v) is 4.13. The van der Waals surface area contributed by atoms with Crippen LogP contribution in [0.25, 0.3) is 16.5 Å². The van der Waals surface area contributed by atoms with Crippen LogP contribution in [-0.4, -0.2) is 30.3 Å². The molecule has 21 heavy (non-hydrogen) atoms. The van der Waals surface area contributed by atoms with E-state index in [1.165, 1.54) is 21.6 Å². The van der Waals surface area contributed by atoms with Gasteiger partial charge in [-0.3, -0.25) is 4.99 Å². The molecule has 2 aliphatic heterocycles. The summed E-state index contributed by atoms with van der Waals surface area (Å²) >= 11 is 1.78. The van der Waals surface area contributed by atoms with Crippen molar-refractivity contribution < 1.29 is 4.74 Å². The number of allylic oxidation sites excluding steroid dienone is 1. The van der Waals surface area contributed by atoms with E-state index in [0.29, 0.717) is 0 Å². The Morgan fingerprint density at radius 3 is 2.76 bits per heavy atom. The number of methoxy groups -OCH3 is 1. The second-order valence-corrected chi connectivity index (χ2v) is 6.37. The van der Waals surface area contributed by atoms with Gasteiger partial charge >= 0.3 is 0 Å². The number of hydrogen-bond acceptors (Lipinski definition) is 4. The first-order chi connectivity index (χ1) is 10.3. The second kappa shape index (κ2) is 4.81. The van der Waals surface area contributed by atoms with Crippen molar-refractivity contribution in [2.75, 3.05) is 20.2 Å². The van der Waals surface area contributed by atoms with Crippen molar-refractivity contribution in [3.63, 3.8) is 0 Å². The van der Waals surface area contributed by atoms with E-state index < -0.39 is 0 Å². The van der Waals surface area contributed by atoms with Gasteiger partial charge in [-0.05, 0) is 24.4 Å². The fourth-order valence-electron chi connectivity index (χ4n) is 3.09. The molecule has 0 saturated heterocycles. The van der Waals surface area contributed by atoms with E-state index in [1.807, 2.05) is 0 Å². The summed E-state index contributed by atoms with van der Waals surface area (Å²) in [6, 6.07) is 12.7. The molecule has 0 saturated carbocycles. The zero-order valence-electron chi connectivity index (χ0n) is 12.1. The Kier molecular flexibility index (Phi) is 2.93. The highest BCUT2D eigenvalue weighted by Gasteiger charge is 2.31. The van der Waals surface area contributed by atoms with Crippen molar-refractivity contribution in [3.05, 3.63) is 46.9 Å². The predicted molar refractivity (Wildman–Crippen MR) is 89.7 cm³/mol. The average Bonchev–Trinajstić information content (AvgIpc) is 3.06. The third-order valence-corrected chi connectivity index (χ3v) is 5.04. The topological polar surface area (TPSA) is 24.8 Å². The summed E-state index contributed by atoms with van der Waals surface area (Å²) < 4.78 is 5.50. The molecule has 2 aromatic carbocycles. The van der Waals surface area contributed by atoms with E-state index in [1.54, 1.807) is 18.9 Å². The molecular formula is C17H16N2OS. The minimum atomic E-state index is 0.896. The maximum Gasteiger partial charge on any atom is 0.168 e. The Bertz CT molecular complexity index is 794. The SMILES string of the molecule is COc1ccc(C2=C(C)SC3=NCCN32)c2ccccc12. The van der Waals surface area contributed by atoms with Gasteiger partial charge < -0.3 is 9.64 Å². The normalized spacial score (nSPS) is 17.4. The highest BCUT2D eigenvalue weighted by Crippen LogP contribution is 2.44. The van der Waals surface area contributed by atoms with E-state index in [-0.39, 0.29) is 0 Å². The molecule has 3 nitrogen and oxygen atoms in total. The van der Waals surface area contributed by atoms with Gasteiger partial charge in [-0.2, -0.15) is 0 Å². The maximum absolute atomic E-state index is 5.50. The van der Waals surface area contributed by atoms with Gasteiger partial charge in [0.1, 0.15) is 5.75 Å². The van der Waals surface area contributed by atoms with Crippen LogP contribution in [0, 0.1) is 0 Å². The lowest BCUT2D eigenvalue weighted by molar-refractivity contribution is 0.420. The molecule has 2 aromatic rings. The van der Waals surface area contributed by atoms with E-state index in [0.717, 1.165) is 29.4 Å². The van der Waals surface area contributed by atoms with E-state index in [2.05, 4.69) is 53.2 Å². The molecule has 4 heteroatoms. The molecule has 2 heterocycles. The third-order valence-electron chi connectivity index (χ3n) is 4.01. The van der Waals surface area contributed by atoms with Gasteiger partial charge in [0.2, 0.25) is 0 Å². The Morgan fingerprint density at radius 1 is 1.14 bits per heavy atom. The summed E-state index contributed by atoms with van der Waals surface area (Å²) in [5.41, 5.74) is 2.57. The van der Waals surface area contributed by atoms with Gasteiger partial charge in [-0.25, -0.2) is 0 Å². The lowest BCUT2D eigenvalue weighted by Crippen LogP contribution is -2.20. The van der Waals surface area contributed by atoms with Gasteiger partial charge in [-0.15, -0.1) is 0 Å². The highest BCUT2D eigenvalue weighted by atomic mass is 32.2. The molecule has 4 rings (SSSR count). The Morgan fingerprint density at radius 2 is 1.95 bits per heavy atom. The van der Waals surface area contributed by atoms with Crippen molar-refractivity contribution in [2.45, 2.75) is 6.92 Å². The smallest absolute Gasteiger partial charge is 0.168 e. The molecular weight excluding hydrogens is 280 g/mol. The van der Waals surface area contributed by atoms with Crippen LogP contribution in [0.3, 0.4) is 0 Å². The lowest BCUT2D eigenvalue weighted by Gasteiger charge is -2.19. The Hall–Kier alpha value is -1.94. The monoisotopic (exact) mass is 296 g/mol. The van der Waals surface area contributed by atoms with Crippen LogP contribution in [0.1, 0.15) is 12.5 Å². The first kappa shape index (κ1) is 12.8. The van der Waals surface area contributed by atoms with Crippen LogP contribution in [0.2, 0.25) is 0 Å². The molecule has 0 fully saturated rings. The number of ether oxygens (including phenoxy) is 1. The number of rotatable bonds is 2. The number of hydrogen-bond donors (Lipinski definition) is 0. The van der Waals surface area contributed by atoms with Crippen molar-refractivity contribution >= 4 is 33.4 Å².